The summed E-state index contributed by atoms with van der Waals surface area (Å²) >= 11 is 0. The fraction of sp³-hybridized carbons (Fsp3) is 0.118. The van der Waals surface area contributed by atoms with Gasteiger partial charge in [0, 0.05) is 17.1 Å². The minimum Gasteiger partial charge on any atom is -0.479 e. The second-order valence-corrected chi connectivity index (χ2v) is 7.19. The molecular weight excluding hydrogens is 329 g/mol. The molecule has 6 nitrogen and oxygen atoms in total. The minimum atomic E-state index is -4.16. The van der Waals surface area contributed by atoms with Crippen LogP contribution in [0.4, 0.5) is 0 Å². The predicted molar refractivity (Wildman–Crippen MR) is 89.7 cm³/mol. The number of benzene rings is 2. The number of aromatic amines is 1. The van der Waals surface area contributed by atoms with Crippen LogP contribution in [0.1, 0.15) is 17.2 Å². The van der Waals surface area contributed by atoms with Crippen molar-refractivity contribution in [1.82, 2.24) is 4.98 Å². The van der Waals surface area contributed by atoms with Gasteiger partial charge in [-0.15, -0.1) is 0 Å². The molecule has 1 heterocycles. The van der Waals surface area contributed by atoms with Crippen LogP contribution in [0.3, 0.4) is 0 Å². The molecule has 124 valence electrons. The molecule has 1 aromatic heterocycles. The maximum absolute atomic E-state index is 12.5. The van der Waals surface area contributed by atoms with E-state index >= 15 is 0 Å². The lowest BCUT2D eigenvalue weighted by Crippen LogP contribution is -2.14. The highest BCUT2D eigenvalue weighted by atomic mass is 31.2. The standard InChI is InChI=1S/C17H16NO5P/c19-17(20)16(12-5-2-1-3-6-12)23-24(21,22)11-13-7-4-8-15-14(13)9-10-18-15/h1-10,16,18H,11H2,(H,19,20)(H,21,22). The highest BCUT2D eigenvalue weighted by Gasteiger charge is 2.31. The Labute approximate surface area is 138 Å². The van der Waals surface area contributed by atoms with Crippen molar-refractivity contribution in [3.63, 3.8) is 0 Å². The zero-order valence-electron chi connectivity index (χ0n) is 12.6. The summed E-state index contributed by atoms with van der Waals surface area (Å²) in [6, 6.07) is 15.3. The van der Waals surface area contributed by atoms with Gasteiger partial charge < -0.3 is 15.0 Å². The van der Waals surface area contributed by atoms with E-state index in [1.807, 2.05) is 6.07 Å². The second kappa shape index (κ2) is 6.61. The van der Waals surface area contributed by atoms with Crippen LogP contribution in [-0.2, 0) is 20.0 Å². The average Bonchev–Trinajstić information content (AvgIpc) is 3.03. The third-order valence-corrected chi connectivity index (χ3v) is 4.93. The number of aliphatic carboxylic acids is 1. The summed E-state index contributed by atoms with van der Waals surface area (Å²) in [7, 11) is -4.16. The molecule has 0 fully saturated rings. The Kier molecular flexibility index (Phi) is 4.53. The Hall–Kier alpha value is -2.40. The van der Waals surface area contributed by atoms with Gasteiger partial charge in [0.25, 0.3) is 0 Å². The molecule has 0 radical (unpaired) electrons. The molecular formula is C17H16NO5P. The van der Waals surface area contributed by atoms with Crippen molar-refractivity contribution in [2.24, 2.45) is 0 Å². The van der Waals surface area contributed by atoms with E-state index in [1.165, 1.54) is 0 Å². The third kappa shape index (κ3) is 3.57. The molecule has 0 aliphatic carbocycles. The molecule has 2 atom stereocenters. The summed E-state index contributed by atoms with van der Waals surface area (Å²) in [5.74, 6) is -1.31. The maximum atomic E-state index is 12.5. The normalized spacial score (nSPS) is 15.0. The number of H-pyrrole nitrogens is 1. The fourth-order valence-corrected chi connectivity index (χ4v) is 3.90. The smallest absolute Gasteiger partial charge is 0.338 e. The van der Waals surface area contributed by atoms with Crippen LogP contribution in [0.5, 0.6) is 0 Å². The molecule has 0 amide bonds. The van der Waals surface area contributed by atoms with E-state index in [4.69, 9.17) is 4.52 Å². The van der Waals surface area contributed by atoms with E-state index in [0.717, 1.165) is 10.9 Å². The van der Waals surface area contributed by atoms with Gasteiger partial charge in [-0.2, -0.15) is 0 Å². The van der Waals surface area contributed by atoms with Crippen molar-refractivity contribution in [2.75, 3.05) is 0 Å². The number of fused-ring (bicyclic) bond motifs is 1. The summed E-state index contributed by atoms with van der Waals surface area (Å²) in [6.45, 7) is 0. The van der Waals surface area contributed by atoms with Gasteiger partial charge in [-0.25, -0.2) is 4.79 Å². The lowest BCUT2D eigenvalue weighted by molar-refractivity contribution is -0.145. The fourth-order valence-electron chi connectivity index (χ4n) is 2.58. The van der Waals surface area contributed by atoms with Gasteiger partial charge in [-0.05, 0) is 23.3 Å². The number of aromatic nitrogens is 1. The predicted octanol–water partition coefficient (Wildman–Crippen LogP) is 3.70. The molecule has 24 heavy (non-hydrogen) atoms. The topological polar surface area (TPSA) is 99.6 Å². The SMILES string of the molecule is O=C(O)C(OP(=O)(O)Cc1cccc2[nH]ccc12)c1ccccc1. The zero-order valence-corrected chi connectivity index (χ0v) is 13.5. The molecule has 2 unspecified atom stereocenters. The van der Waals surface area contributed by atoms with Crippen molar-refractivity contribution in [2.45, 2.75) is 12.3 Å². The number of nitrogens with one attached hydrogen (secondary N) is 1. The Balaban J connectivity index is 1.86. The Bertz CT molecular complexity index is 905. The lowest BCUT2D eigenvalue weighted by Gasteiger charge is -2.19. The van der Waals surface area contributed by atoms with E-state index in [1.54, 1.807) is 54.7 Å². The van der Waals surface area contributed by atoms with E-state index < -0.39 is 19.7 Å². The zero-order chi connectivity index (χ0) is 17.2. The Morgan fingerprint density at radius 1 is 1.12 bits per heavy atom. The quantitative estimate of drug-likeness (QED) is 0.592. The molecule has 3 N–H and O–H groups in total. The van der Waals surface area contributed by atoms with Gasteiger partial charge in [0.15, 0.2) is 6.10 Å². The summed E-state index contributed by atoms with van der Waals surface area (Å²) in [6.07, 6.45) is -0.0207. The van der Waals surface area contributed by atoms with Crippen molar-refractivity contribution >= 4 is 24.5 Å². The average molecular weight is 345 g/mol. The molecule has 0 bridgehead atoms. The van der Waals surface area contributed by atoms with E-state index in [9.17, 15) is 19.4 Å². The van der Waals surface area contributed by atoms with Gasteiger partial charge in [0.2, 0.25) is 0 Å². The highest BCUT2D eigenvalue weighted by Crippen LogP contribution is 2.50. The first-order valence-electron chi connectivity index (χ1n) is 7.29. The van der Waals surface area contributed by atoms with E-state index in [-0.39, 0.29) is 6.16 Å². The van der Waals surface area contributed by atoms with Crippen molar-refractivity contribution in [3.05, 3.63) is 71.9 Å². The first-order chi connectivity index (χ1) is 11.5. The summed E-state index contributed by atoms with van der Waals surface area (Å²) in [4.78, 5) is 24.7. The summed E-state index contributed by atoms with van der Waals surface area (Å²) < 4.78 is 17.6. The molecule has 0 saturated heterocycles. The van der Waals surface area contributed by atoms with Crippen molar-refractivity contribution < 1.29 is 23.9 Å². The van der Waals surface area contributed by atoms with E-state index in [0.29, 0.717) is 11.1 Å². The number of carbonyl (C=O) groups is 1. The van der Waals surface area contributed by atoms with Gasteiger partial charge >= 0.3 is 13.6 Å². The minimum absolute atomic E-state index is 0.265. The van der Waals surface area contributed by atoms with Gasteiger partial charge in [0.05, 0.1) is 6.16 Å². The molecule has 0 spiro atoms. The monoisotopic (exact) mass is 345 g/mol. The van der Waals surface area contributed by atoms with Crippen LogP contribution in [0.15, 0.2) is 60.8 Å². The molecule has 7 heteroatoms. The molecule has 2 aromatic carbocycles. The summed E-state index contributed by atoms with van der Waals surface area (Å²) in [5.41, 5.74) is 1.78. The summed E-state index contributed by atoms with van der Waals surface area (Å²) in [5, 5.41) is 10.1. The number of carboxylic acid groups (broad SMARTS) is 1. The van der Waals surface area contributed by atoms with Gasteiger partial charge in [-0.3, -0.25) is 9.09 Å². The first kappa shape index (κ1) is 16.5. The molecule has 3 aromatic rings. The number of hydrogen-bond acceptors (Lipinski definition) is 3. The number of hydrogen-bond donors (Lipinski definition) is 3. The Morgan fingerprint density at radius 3 is 2.58 bits per heavy atom. The largest absolute Gasteiger partial charge is 0.479 e. The molecule has 0 aliphatic heterocycles. The maximum Gasteiger partial charge on any atom is 0.338 e. The number of rotatable bonds is 6. The number of carboxylic acids is 1. The van der Waals surface area contributed by atoms with Crippen LogP contribution >= 0.6 is 7.60 Å². The first-order valence-corrected chi connectivity index (χ1v) is 9.05. The second-order valence-electron chi connectivity index (χ2n) is 5.39. The van der Waals surface area contributed by atoms with Crippen LogP contribution in [0, 0.1) is 0 Å². The third-order valence-electron chi connectivity index (χ3n) is 3.65. The molecule has 0 aliphatic rings. The van der Waals surface area contributed by atoms with Crippen LogP contribution in [-0.4, -0.2) is 21.0 Å². The van der Waals surface area contributed by atoms with Crippen LogP contribution in [0.2, 0.25) is 0 Å². The molecule has 3 rings (SSSR count). The lowest BCUT2D eigenvalue weighted by atomic mass is 10.1. The molecule has 0 saturated carbocycles. The Morgan fingerprint density at radius 2 is 1.88 bits per heavy atom. The van der Waals surface area contributed by atoms with Gasteiger partial charge in [0.1, 0.15) is 0 Å². The van der Waals surface area contributed by atoms with Crippen molar-refractivity contribution in [3.8, 4) is 0 Å². The van der Waals surface area contributed by atoms with Crippen LogP contribution in [0.25, 0.3) is 10.9 Å². The van der Waals surface area contributed by atoms with Crippen molar-refractivity contribution in [1.29, 1.82) is 0 Å². The highest BCUT2D eigenvalue weighted by molar-refractivity contribution is 7.52. The van der Waals surface area contributed by atoms with E-state index in [2.05, 4.69) is 4.98 Å². The van der Waals surface area contributed by atoms with Gasteiger partial charge in [-0.1, -0.05) is 42.5 Å². The van der Waals surface area contributed by atoms with Crippen LogP contribution < -0.4 is 0 Å².